The first-order valence-electron chi connectivity index (χ1n) is 8.52. The van der Waals surface area contributed by atoms with Crippen LogP contribution in [0.4, 0.5) is 5.69 Å². The van der Waals surface area contributed by atoms with Crippen LogP contribution in [0.5, 0.6) is 11.5 Å². The van der Waals surface area contributed by atoms with Gasteiger partial charge in [0.05, 0.1) is 11.0 Å². The van der Waals surface area contributed by atoms with Crippen molar-refractivity contribution >= 4 is 17.6 Å². The predicted molar refractivity (Wildman–Crippen MR) is 89.4 cm³/mol. The molecule has 140 valence electrons. The Morgan fingerprint density at radius 1 is 1.27 bits per heavy atom. The molecule has 1 saturated heterocycles. The average Bonchev–Trinajstić information content (AvgIpc) is 2.65. The van der Waals surface area contributed by atoms with Gasteiger partial charge >= 0.3 is 5.97 Å². The Bertz CT molecular complexity index is 734. The lowest BCUT2D eigenvalue weighted by atomic mass is 10.0. The number of piperidine rings is 1. The van der Waals surface area contributed by atoms with E-state index in [4.69, 9.17) is 14.2 Å². The summed E-state index contributed by atoms with van der Waals surface area (Å²) in [5, 5.41) is 11.3. The van der Waals surface area contributed by atoms with E-state index < -0.39 is 23.2 Å². The van der Waals surface area contributed by atoms with Crippen molar-refractivity contribution in [2.75, 3.05) is 26.4 Å². The standard InChI is InChI=1S/C17H20N2O7/c1-11-4-2-3-5-18(11)16(20)10-26-17(21)12-8-14-15(25-7-6-24-14)9-13(12)19(22)23/h8-9,11H,2-7,10H2,1H3/t11-/m0/s1. The Balaban J connectivity index is 1.72. The van der Waals surface area contributed by atoms with E-state index in [2.05, 4.69) is 0 Å². The minimum absolute atomic E-state index is 0.0959. The maximum atomic E-state index is 12.3. The Morgan fingerprint density at radius 2 is 1.96 bits per heavy atom. The molecule has 9 nitrogen and oxygen atoms in total. The topological polar surface area (TPSA) is 108 Å². The van der Waals surface area contributed by atoms with Gasteiger partial charge in [0.2, 0.25) is 0 Å². The lowest BCUT2D eigenvalue weighted by Crippen LogP contribution is -2.44. The normalized spacial score (nSPS) is 19.0. The fourth-order valence-corrected chi connectivity index (χ4v) is 3.15. The summed E-state index contributed by atoms with van der Waals surface area (Å²) in [6.07, 6.45) is 2.89. The second-order valence-corrected chi connectivity index (χ2v) is 6.28. The molecule has 0 saturated carbocycles. The molecule has 0 aromatic heterocycles. The van der Waals surface area contributed by atoms with Crippen LogP contribution < -0.4 is 9.47 Å². The van der Waals surface area contributed by atoms with Gasteiger partial charge in [0.25, 0.3) is 11.6 Å². The van der Waals surface area contributed by atoms with Crippen LogP contribution in [0.3, 0.4) is 0 Å². The van der Waals surface area contributed by atoms with Crippen molar-refractivity contribution < 1.29 is 28.7 Å². The lowest BCUT2D eigenvalue weighted by molar-refractivity contribution is -0.385. The number of ether oxygens (including phenoxy) is 3. The van der Waals surface area contributed by atoms with E-state index in [0.29, 0.717) is 6.54 Å². The van der Waals surface area contributed by atoms with Crippen molar-refractivity contribution in [3.05, 3.63) is 27.8 Å². The van der Waals surface area contributed by atoms with E-state index >= 15 is 0 Å². The molecular weight excluding hydrogens is 344 g/mol. The van der Waals surface area contributed by atoms with E-state index in [9.17, 15) is 19.7 Å². The number of esters is 1. The molecule has 2 aliphatic rings. The SMILES string of the molecule is C[C@H]1CCCCN1C(=O)COC(=O)c1cc2c(cc1[N+](=O)[O-])OCCO2. The minimum Gasteiger partial charge on any atom is -0.486 e. The number of likely N-dealkylation sites (tertiary alicyclic amines) is 1. The highest BCUT2D eigenvalue weighted by molar-refractivity contribution is 5.96. The molecule has 1 atom stereocenters. The minimum atomic E-state index is -0.938. The van der Waals surface area contributed by atoms with E-state index in [0.717, 1.165) is 25.3 Å². The van der Waals surface area contributed by atoms with Crippen molar-refractivity contribution in [3.63, 3.8) is 0 Å². The Morgan fingerprint density at radius 3 is 2.62 bits per heavy atom. The van der Waals surface area contributed by atoms with E-state index in [1.54, 1.807) is 4.90 Å². The molecule has 1 aromatic rings. The summed E-state index contributed by atoms with van der Waals surface area (Å²) < 4.78 is 15.7. The first kappa shape index (κ1) is 18.0. The van der Waals surface area contributed by atoms with Crippen molar-refractivity contribution in [1.29, 1.82) is 0 Å². The largest absolute Gasteiger partial charge is 0.486 e. The molecule has 0 radical (unpaired) electrons. The molecule has 26 heavy (non-hydrogen) atoms. The maximum Gasteiger partial charge on any atom is 0.345 e. The van der Waals surface area contributed by atoms with Crippen LogP contribution >= 0.6 is 0 Å². The first-order valence-corrected chi connectivity index (χ1v) is 8.52. The van der Waals surface area contributed by atoms with Crippen molar-refractivity contribution in [1.82, 2.24) is 4.90 Å². The van der Waals surface area contributed by atoms with Gasteiger partial charge in [-0.3, -0.25) is 14.9 Å². The summed E-state index contributed by atoms with van der Waals surface area (Å²) >= 11 is 0. The van der Waals surface area contributed by atoms with Crippen molar-refractivity contribution in [2.45, 2.75) is 32.2 Å². The smallest absolute Gasteiger partial charge is 0.345 e. The van der Waals surface area contributed by atoms with Gasteiger partial charge < -0.3 is 19.1 Å². The zero-order chi connectivity index (χ0) is 18.7. The summed E-state index contributed by atoms with van der Waals surface area (Å²) in [5.74, 6) is -0.792. The van der Waals surface area contributed by atoms with Crippen LogP contribution in [0.15, 0.2) is 12.1 Å². The zero-order valence-corrected chi connectivity index (χ0v) is 14.4. The van der Waals surface area contributed by atoms with Gasteiger partial charge in [0.1, 0.15) is 18.8 Å². The van der Waals surface area contributed by atoms with Gasteiger partial charge in [-0.1, -0.05) is 0 Å². The third kappa shape index (κ3) is 3.71. The van der Waals surface area contributed by atoms with Crippen molar-refractivity contribution in [2.24, 2.45) is 0 Å². The molecule has 1 aromatic carbocycles. The van der Waals surface area contributed by atoms with Crippen molar-refractivity contribution in [3.8, 4) is 11.5 Å². The number of carbonyl (C=O) groups excluding carboxylic acids is 2. The molecule has 0 spiro atoms. The monoisotopic (exact) mass is 364 g/mol. The fraction of sp³-hybridized carbons (Fsp3) is 0.529. The molecule has 9 heteroatoms. The van der Waals surface area contributed by atoms with Crippen LogP contribution in [-0.4, -0.2) is 54.1 Å². The number of carbonyl (C=O) groups is 2. The van der Waals surface area contributed by atoms with Gasteiger partial charge in [-0.05, 0) is 26.2 Å². The second-order valence-electron chi connectivity index (χ2n) is 6.28. The number of benzene rings is 1. The number of hydrogen-bond acceptors (Lipinski definition) is 7. The molecule has 0 bridgehead atoms. The molecule has 0 unspecified atom stereocenters. The van der Waals surface area contributed by atoms with E-state index in [-0.39, 0.29) is 42.2 Å². The molecular formula is C17H20N2O7. The number of nitro groups is 1. The third-order valence-electron chi connectivity index (χ3n) is 4.53. The number of fused-ring (bicyclic) bond motifs is 1. The summed E-state index contributed by atoms with van der Waals surface area (Å²) in [5.41, 5.74) is -0.711. The van der Waals surface area contributed by atoms with Gasteiger partial charge in [0.15, 0.2) is 18.1 Å². The number of amides is 1. The Hall–Kier alpha value is -2.84. The highest BCUT2D eigenvalue weighted by atomic mass is 16.6. The molecule has 2 aliphatic heterocycles. The van der Waals surface area contributed by atoms with Gasteiger partial charge in [-0.25, -0.2) is 4.79 Å². The highest BCUT2D eigenvalue weighted by Gasteiger charge is 2.29. The molecule has 1 amide bonds. The fourth-order valence-electron chi connectivity index (χ4n) is 3.15. The maximum absolute atomic E-state index is 12.3. The lowest BCUT2D eigenvalue weighted by Gasteiger charge is -2.33. The van der Waals surface area contributed by atoms with Crippen LogP contribution in [-0.2, 0) is 9.53 Å². The van der Waals surface area contributed by atoms with Gasteiger partial charge in [0, 0.05) is 18.7 Å². The van der Waals surface area contributed by atoms with E-state index in [1.807, 2.05) is 6.92 Å². The van der Waals surface area contributed by atoms with E-state index in [1.165, 1.54) is 6.07 Å². The summed E-state index contributed by atoms with van der Waals surface area (Å²) in [6.45, 7) is 2.68. The summed E-state index contributed by atoms with van der Waals surface area (Å²) in [4.78, 5) is 36.8. The summed E-state index contributed by atoms with van der Waals surface area (Å²) in [6, 6.07) is 2.46. The Labute approximate surface area is 150 Å². The highest BCUT2D eigenvalue weighted by Crippen LogP contribution is 2.36. The molecule has 3 rings (SSSR count). The number of nitro benzene ring substituents is 1. The number of nitrogens with zero attached hydrogens (tertiary/aromatic N) is 2. The van der Waals surface area contributed by atoms with Crippen LogP contribution in [0.2, 0.25) is 0 Å². The molecule has 0 aliphatic carbocycles. The molecule has 1 fully saturated rings. The quantitative estimate of drug-likeness (QED) is 0.456. The average molecular weight is 364 g/mol. The van der Waals surface area contributed by atoms with Gasteiger partial charge in [-0.2, -0.15) is 0 Å². The molecule has 2 heterocycles. The Kier molecular flexibility index (Phi) is 5.24. The van der Waals surface area contributed by atoms with Crippen LogP contribution in [0.1, 0.15) is 36.5 Å². The number of hydrogen-bond donors (Lipinski definition) is 0. The molecule has 0 N–H and O–H groups in total. The first-order chi connectivity index (χ1) is 12.5. The number of rotatable bonds is 4. The summed E-state index contributed by atoms with van der Waals surface area (Å²) in [7, 11) is 0. The second kappa shape index (κ2) is 7.59. The zero-order valence-electron chi connectivity index (χ0n) is 14.4. The van der Waals surface area contributed by atoms with Crippen LogP contribution in [0.25, 0.3) is 0 Å². The third-order valence-corrected chi connectivity index (χ3v) is 4.53. The van der Waals surface area contributed by atoms with Gasteiger partial charge in [-0.15, -0.1) is 0 Å². The van der Waals surface area contributed by atoms with Crippen LogP contribution in [0, 0.1) is 10.1 Å². The predicted octanol–water partition coefficient (Wildman–Crippen LogP) is 1.92.